The first-order valence-electron chi connectivity index (χ1n) is 12.6. The van der Waals surface area contributed by atoms with Crippen LogP contribution in [0.5, 0.6) is 0 Å². The van der Waals surface area contributed by atoms with Gasteiger partial charge in [0, 0.05) is 12.4 Å². The smallest absolute Gasteiger partial charge is 0.278 e. The minimum Gasteiger partial charge on any atom is -0.278 e. The number of aryl methyl sites for hydroxylation is 2. The average Bonchev–Trinajstić information content (AvgIpc) is 3.65. The van der Waals surface area contributed by atoms with E-state index >= 15 is 0 Å². The van der Waals surface area contributed by atoms with E-state index in [1.54, 1.807) is 29.2 Å². The molecule has 0 fully saturated rings. The number of benzene rings is 1. The number of hydrogen-bond donors (Lipinski definition) is 0. The van der Waals surface area contributed by atoms with Crippen LogP contribution in [0.1, 0.15) is 36.4 Å². The molecule has 0 aliphatic carbocycles. The number of pyridine rings is 2. The molecular formula is C28H23F6N7. The highest BCUT2D eigenvalue weighted by Gasteiger charge is 2.34. The molecule has 0 saturated heterocycles. The largest absolute Gasteiger partial charge is 0.435 e. The van der Waals surface area contributed by atoms with E-state index in [-0.39, 0.29) is 11.6 Å². The van der Waals surface area contributed by atoms with Crippen LogP contribution in [0.4, 0.5) is 43.7 Å². The molecule has 212 valence electrons. The lowest BCUT2D eigenvalue weighted by molar-refractivity contribution is -0.142. The van der Waals surface area contributed by atoms with E-state index in [1.165, 1.54) is 24.5 Å². The molecule has 4 heterocycles. The van der Waals surface area contributed by atoms with Crippen molar-refractivity contribution in [1.82, 2.24) is 29.5 Å². The van der Waals surface area contributed by atoms with Gasteiger partial charge in [0.05, 0.1) is 5.69 Å². The predicted molar refractivity (Wildman–Crippen MR) is 140 cm³/mol. The lowest BCUT2D eigenvalue weighted by atomic mass is 10.0. The molecule has 0 bridgehead atoms. The maximum Gasteiger partial charge on any atom is 0.435 e. The molecule has 0 amide bonds. The summed E-state index contributed by atoms with van der Waals surface area (Å²) in [5.74, 6) is 0.910. The standard InChI is InChI=1S/C28H23F6N7/c1-3-18-8-5-9-19(4-2)26(18)41(24-12-6-10-22(35-24)39-16-14-20(37-39)27(29,30)31)25-13-7-11-23(36-25)40-17-15-21(38-40)28(32,33)34/h5-17H,3-4H2,1-2H3. The molecule has 0 radical (unpaired) electrons. The zero-order chi connectivity index (χ0) is 29.4. The van der Waals surface area contributed by atoms with Gasteiger partial charge in [0.25, 0.3) is 0 Å². The normalized spacial score (nSPS) is 12.1. The van der Waals surface area contributed by atoms with Crippen molar-refractivity contribution in [2.45, 2.75) is 39.0 Å². The van der Waals surface area contributed by atoms with Crippen LogP contribution in [0.2, 0.25) is 0 Å². The first-order chi connectivity index (χ1) is 19.5. The molecule has 1 aromatic carbocycles. The van der Waals surface area contributed by atoms with E-state index in [0.717, 1.165) is 38.3 Å². The summed E-state index contributed by atoms with van der Waals surface area (Å²) in [5.41, 5.74) is 0.539. The SMILES string of the molecule is CCc1cccc(CC)c1N(c1cccc(-n2ccc(C(F)(F)F)n2)n1)c1cccc(-n2ccc(C(F)(F)F)n2)n1. The van der Waals surface area contributed by atoms with Gasteiger partial charge in [-0.05, 0) is 60.4 Å². The van der Waals surface area contributed by atoms with Crippen LogP contribution < -0.4 is 4.90 Å². The zero-order valence-corrected chi connectivity index (χ0v) is 21.8. The average molecular weight is 572 g/mol. The van der Waals surface area contributed by atoms with Crippen LogP contribution in [-0.2, 0) is 25.2 Å². The Balaban J connectivity index is 1.68. The van der Waals surface area contributed by atoms with E-state index in [1.807, 2.05) is 32.0 Å². The second kappa shape index (κ2) is 10.7. The van der Waals surface area contributed by atoms with E-state index < -0.39 is 23.7 Å². The van der Waals surface area contributed by atoms with Crippen molar-refractivity contribution in [2.24, 2.45) is 0 Å². The van der Waals surface area contributed by atoms with Crippen molar-refractivity contribution in [2.75, 3.05) is 4.90 Å². The second-order valence-corrected chi connectivity index (χ2v) is 8.96. The van der Waals surface area contributed by atoms with Crippen LogP contribution in [-0.4, -0.2) is 29.5 Å². The molecule has 5 rings (SSSR count). The summed E-state index contributed by atoms with van der Waals surface area (Å²) in [6.45, 7) is 3.96. The maximum atomic E-state index is 13.2. The number of alkyl halides is 6. The van der Waals surface area contributed by atoms with Crippen molar-refractivity contribution < 1.29 is 26.3 Å². The molecule has 0 atom stereocenters. The summed E-state index contributed by atoms with van der Waals surface area (Å²) in [6, 6.07) is 17.2. The molecular weight excluding hydrogens is 548 g/mol. The van der Waals surface area contributed by atoms with Gasteiger partial charge in [-0.2, -0.15) is 36.5 Å². The van der Waals surface area contributed by atoms with Crippen molar-refractivity contribution >= 4 is 17.3 Å². The second-order valence-electron chi connectivity index (χ2n) is 8.96. The van der Waals surface area contributed by atoms with Crippen LogP contribution in [0.15, 0.2) is 79.1 Å². The Labute approximate surface area is 230 Å². The Hall–Kier alpha value is -4.68. The molecule has 13 heteroatoms. The Bertz CT molecular complexity index is 1550. The quantitative estimate of drug-likeness (QED) is 0.190. The summed E-state index contributed by atoms with van der Waals surface area (Å²) in [4.78, 5) is 11.0. The summed E-state index contributed by atoms with van der Waals surface area (Å²) in [7, 11) is 0. The van der Waals surface area contributed by atoms with Crippen molar-refractivity contribution in [3.05, 3.63) is 102 Å². The molecule has 41 heavy (non-hydrogen) atoms. The van der Waals surface area contributed by atoms with Gasteiger partial charge in [0.2, 0.25) is 0 Å². The van der Waals surface area contributed by atoms with Crippen LogP contribution >= 0.6 is 0 Å². The Morgan fingerprint density at radius 1 is 0.610 bits per heavy atom. The highest BCUT2D eigenvalue weighted by molar-refractivity contribution is 5.77. The first-order valence-corrected chi connectivity index (χ1v) is 12.6. The number of nitrogens with zero attached hydrogens (tertiary/aromatic N) is 7. The summed E-state index contributed by atoms with van der Waals surface area (Å²) < 4.78 is 81.2. The molecule has 0 aliphatic rings. The molecule has 0 saturated carbocycles. The molecule has 0 spiro atoms. The van der Waals surface area contributed by atoms with Gasteiger partial charge < -0.3 is 0 Å². The Morgan fingerprint density at radius 3 is 1.39 bits per heavy atom. The fourth-order valence-electron chi connectivity index (χ4n) is 4.38. The third-order valence-electron chi connectivity index (χ3n) is 6.31. The third kappa shape index (κ3) is 5.65. The van der Waals surface area contributed by atoms with Gasteiger partial charge in [-0.1, -0.05) is 44.2 Å². The first kappa shape index (κ1) is 27.9. The summed E-state index contributed by atoms with van der Waals surface area (Å²) in [5, 5.41) is 7.27. The minimum absolute atomic E-state index is 0.132. The molecule has 5 aromatic rings. The molecule has 0 N–H and O–H groups in total. The van der Waals surface area contributed by atoms with Gasteiger partial charge in [-0.25, -0.2) is 19.3 Å². The van der Waals surface area contributed by atoms with Gasteiger partial charge in [-0.3, -0.25) is 4.90 Å². The number of halogens is 6. The van der Waals surface area contributed by atoms with Crippen LogP contribution in [0.25, 0.3) is 11.6 Å². The summed E-state index contributed by atoms with van der Waals surface area (Å²) in [6.07, 6.45) is -5.61. The van der Waals surface area contributed by atoms with Crippen molar-refractivity contribution in [1.29, 1.82) is 0 Å². The highest BCUT2D eigenvalue weighted by atomic mass is 19.4. The lowest BCUT2D eigenvalue weighted by Crippen LogP contribution is -2.18. The van der Waals surface area contributed by atoms with E-state index in [0.29, 0.717) is 24.5 Å². The van der Waals surface area contributed by atoms with E-state index in [4.69, 9.17) is 0 Å². The highest BCUT2D eigenvalue weighted by Crippen LogP contribution is 2.38. The van der Waals surface area contributed by atoms with E-state index in [2.05, 4.69) is 20.2 Å². The van der Waals surface area contributed by atoms with Crippen LogP contribution in [0, 0.1) is 0 Å². The number of hydrogen-bond acceptors (Lipinski definition) is 5. The number of anilines is 3. The molecule has 0 unspecified atom stereocenters. The monoisotopic (exact) mass is 571 g/mol. The van der Waals surface area contributed by atoms with Gasteiger partial charge in [-0.15, -0.1) is 0 Å². The van der Waals surface area contributed by atoms with E-state index in [9.17, 15) is 26.3 Å². The topological polar surface area (TPSA) is 64.7 Å². The number of rotatable bonds is 7. The van der Waals surface area contributed by atoms with Crippen molar-refractivity contribution in [3.63, 3.8) is 0 Å². The number of aromatic nitrogens is 6. The Morgan fingerprint density at radius 2 is 1.02 bits per heavy atom. The fourth-order valence-corrected chi connectivity index (χ4v) is 4.38. The zero-order valence-electron chi connectivity index (χ0n) is 21.8. The summed E-state index contributed by atoms with van der Waals surface area (Å²) >= 11 is 0. The number of para-hydroxylation sites is 1. The Kier molecular flexibility index (Phi) is 7.28. The lowest BCUT2D eigenvalue weighted by Gasteiger charge is -2.28. The van der Waals surface area contributed by atoms with Gasteiger partial charge in [0.1, 0.15) is 11.6 Å². The van der Waals surface area contributed by atoms with Gasteiger partial charge >= 0.3 is 12.4 Å². The predicted octanol–water partition coefficient (Wildman–Crippen LogP) is 7.48. The minimum atomic E-state index is -4.62. The maximum absolute atomic E-state index is 13.2. The van der Waals surface area contributed by atoms with Crippen LogP contribution in [0.3, 0.4) is 0 Å². The van der Waals surface area contributed by atoms with Crippen molar-refractivity contribution in [3.8, 4) is 11.6 Å². The molecule has 4 aromatic heterocycles. The third-order valence-corrected chi connectivity index (χ3v) is 6.31. The molecule has 7 nitrogen and oxygen atoms in total. The fraction of sp³-hybridized carbons (Fsp3) is 0.214. The van der Waals surface area contributed by atoms with Gasteiger partial charge in [0.15, 0.2) is 23.0 Å². The molecule has 0 aliphatic heterocycles.